The summed E-state index contributed by atoms with van der Waals surface area (Å²) in [6, 6.07) is 0. The van der Waals surface area contributed by atoms with Crippen molar-refractivity contribution < 1.29 is 64.1 Å². The van der Waals surface area contributed by atoms with Crippen LogP contribution < -0.4 is 0 Å². The molecule has 0 spiro atoms. The standard InChI is InChI=1S/C17H24O13/c18-7-16(8-19,9-20)17(4-10(21)1-13(24)25,5-11(22)2-14(26)27)30-6-12(23)3-15(28)29/h18-20H,1-9H2,(H,24,25)(H,26,27)(H,28,29). The molecule has 0 aliphatic carbocycles. The van der Waals surface area contributed by atoms with Gasteiger partial charge < -0.3 is 35.4 Å². The van der Waals surface area contributed by atoms with Crippen molar-refractivity contribution in [3.8, 4) is 0 Å². The minimum absolute atomic E-state index is 0.993. The van der Waals surface area contributed by atoms with Gasteiger partial charge in [0.15, 0.2) is 5.78 Å². The van der Waals surface area contributed by atoms with Gasteiger partial charge in [0.2, 0.25) is 0 Å². The summed E-state index contributed by atoms with van der Waals surface area (Å²) in [5.74, 6) is -7.82. The smallest absolute Gasteiger partial charge is 0.310 e. The van der Waals surface area contributed by atoms with Crippen molar-refractivity contribution in [1.29, 1.82) is 0 Å². The van der Waals surface area contributed by atoms with E-state index in [2.05, 4.69) is 0 Å². The molecule has 13 heteroatoms. The summed E-state index contributed by atoms with van der Waals surface area (Å²) in [5, 5.41) is 55.6. The Morgan fingerprint density at radius 3 is 1.23 bits per heavy atom. The number of Topliss-reactive ketones (excluding diaryl/α,β-unsaturated/α-hetero) is 3. The van der Waals surface area contributed by atoms with Gasteiger partial charge in [0, 0.05) is 12.8 Å². The molecule has 13 nitrogen and oxygen atoms in total. The van der Waals surface area contributed by atoms with Crippen LogP contribution >= 0.6 is 0 Å². The van der Waals surface area contributed by atoms with Crippen molar-refractivity contribution in [2.24, 2.45) is 5.41 Å². The number of aliphatic hydroxyl groups excluding tert-OH is 3. The zero-order valence-corrected chi connectivity index (χ0v) is 15.9. The molecule has 0 bridgehead atoms. The summed E-state index contributed by atoms with van der Waals surface area (Å²) in [7, 11) is 0. The molecule has 0 saturated heterocycles. The number of carbonyl (C=O) groups is 6. The molecule has 6 N–H and O–H groups in total. The van der Waals surface area contributed by atoms with E-state index in [0.717, 1.165) is 0 Å². The second-order valence-electron chi connectivity index (χ2n) is 6.72. The summed E-state index contributed by atoms with van der Waals surface area (Å²) in [4.78, 5) is 68.5. The van der Waals surface area contributed by atoms with Crippen molar-refractivity contribution in [2.75, 3.05) is 26.4 Å². The van der Waals surface area contributed by atoms with Crippen LogP contribution in [0.4, 0.5) is 0 Å². The Kier molecular flexibility index (Phi) is 11.0. The zero-order valence-electron chi connectivity index (χ0n) is 15.9. The molecule has 0 unspecified atom stereocenters. The van der Waals surface area contributed by atoms with E-state index < -0.39 is 105 Å². The number of aliphatic hydroxyl groups is 3. The molecule has 0 aromatic carbocycles. The van der Waals surface area contributed by atoms with Crippen molar-refractivity contribution in [2.45, 2.75) is 37.7 Å². The second-order valence-corrected chi connectivity index (χ2v) is 6.72. The lowest BCUT2D eigenvalue weighted by Crippen LogP contribution is -2.59. The molecule has 0 aromatic heterocycles. The van der Waals surface area contributed by atoms with E-state index in [4.69, 9.17) is 20.1 Å². The van der Waals surface area contributed by atoms with Gasteiger partial charge in [-0.2, -0.15) is 0 Å². The monoisotopic (exact) mass is 436 g/mol. The molecule has 0 heterocycles. The summed E-state index contributed by atoms with van der Waals surface area (Å²) in [6.07, 6.45) is -5.13. The van der Waals surface area contributed by atoms with E-state index in [1.807, 2.05) is 0 Å². The Labute approximate surface area is 169 Å². The maximum Gasteiger partial charge on any atom is 0.310 e. The van der Waals surface area contributed by atoms with Gasteiger partial charge in [0.05, 0.1) is 30.8 Å². The van der Waals surface area contributed by atoms with Gasteiger partial charge in [-0.05, 0) is 0 Å². The van der Waals surface area contributed by atoms with Gasteiger partial charge in [-0.1, -0.05) is 0 Å². The third-order valence-electron chi connectivity index (χ3n) is 4.39. The van der Waals surface area contributed by atoms with Gasteiger partial charge in [0.1, 0.15) is 37.4 Å². The fourth-order valence-electron chi connectivity index (χ4n) is 2.81. The first-order chi connectivity index (χ1) is 13.9. The summed E-state index contributed by atoms with van der Waals surface area (Å²) < 4.78 is 5.31. The fourth-order valence-corrected chi connectivity index (χ4v) is 2.81. The van der Waals surface area contributed by atoms with E-state index in [0.29, 0.717) is 0 Å². The first-order valence-corrected chi connectivity index (χ1v) is 8.54. The first kappa shape index (κ1) is 27.3. The molecular formula is C17H24O13. The minimum Gasteiger partial charge on any atom is -0.481 e. The normalized spacial score (nSPS) is 11.7. The predicted molar refractivity (Wildman–Crippen MR) is 93.4 cm³/mol. The van der Waals surface area contributed by atoms with E-state index >= 15 is 0 Å². The third kappa shape index (κ3) is 7.94. The highest BCUT2D eigenvalue weighted by atomic mass is 16.5. The zero-order chi connectivity index (χ0) is 23.5. The van der Waals surface area contributed by atoms with E-state index in [9.17, 15) is 44.1 Å². The largest absolute Gasteiger partial charge is 0.481 e. The lowest BCUT2D eigenvalue weighted by Gasteiger charge is -2.47. The molecule has 30 heavy (non-hydrogen) atoms. The van der Waals surface area contributed by atoms with Crippen LogP contribution in [0.1, 0.15) is 32.1 Å². The van der Waals surface area contributed by atoms with Gasteiger partial charge in [-0.3, -0.25) is 28.8 Å². The SMILES string of the molecule is O=C(O)CC(=O)COC(CC(=O)CC(=O)O)(CC(=O)CC(=O)O)C(CO)(CO)CO. The van der Waals surface area contributed by atoms with Crippen molar-refractivity contribution >= 4 is 35.3 Å². The molecule has 170 valence electrons. The number of hydrogen-bond donors (Lipinski definition) is 6. The van der Waals surface area contributed by atoms with E-state index in [1.54, 1.807) is 0 Å². The topological polar surface area (TPSA) is 233 Å². The number of carboxylic acid groups (broad SMARTS) is 3. The number of carboxylic acids is 3. The fraction of sp³-hybridized carbons (Fsp3) is 0.647. The van der Waals surface area contributed by atoms with Gasteiger partial charge in [-0.25, -0.2) is 0 Å². The van der Waals surface area contributed by atoms with Crippen LogP contribution in [0.15, 0.2) is 0 Å². The minimum atomic E-state index is -2.39. The lowest BCUT2D eigenvalue weighted by molar-refractivity contribution is -0.196. The molecule has 0 aliphatic rings. The number of carbonyl (C=O) groups excluding carboxylic acids is 3. The highest BCUT2D eigenvalue weighted by molar-refractivity contribution is 5.98. The average molecular weight is 436 g/mol. The van der Waals surface area contributed by atoms with Crippen LogP contribution in [0.5, 0.6) is 0 Å². The molecule has 0 amide bonds. The Balaban J connectivity index is 6.27. The Bertz CT molecular complexity index is 639. The van der Waals surface area contributed by atoms with Crippen molar-refractivity contribution in [1.82, 2.24) is 0 Å². The highest BCUT2D eigenvalue weighted by Crippen LogP contribution is 2.41. The number of ketones is 3. The van der Waals surface area contributed by atoms with Crippen LogP contribution in [-0.4, -0.2) is 97.9 Å². The number of aliphatic carboxylic acids is 3. The summed E-state index contributed by atoms with van der Waals surface area (Å²) >= 11 is 0. The first-order valence-electron chi connectivity index (χ1n) is 8.54. The molecule has 0 aromatic rings. The average Bonchev–Trinajstić information content (AvgIpc) is 2.59. The summed E-state index contributed by atoms with van der Waals surface area (Å²) in [5.41, 5.74) is -4.57. The molecule has 0 saturated carbocycles. The van der Waals surface area contributed by atoms with Gasteiger partial charge in [0.25, 0.3) is 0 Å². The number of hydrogen-bond acceptors (Lipinski definition) is 10. The predicted octanol–water partition coefficient (Wildman–Crippen LogP) is -2.38. The van der Waals surface area contributed by atoms with Crippen LogP contribution in [0.3, 0.4) is 0 Å². The Morgan fingerprint density at radius 2 is 0.933 bits per heavy atom. The highest BCUT2D eigenvalue weighted by Gasteiger charge is 2.54. The van der Waals surface area contributed by atoms with Crippen molar-refractivity contribution in [3.63, 3.8) is 0 Å². The van der Waals surface area contributed by atoms with Crippen LogP contribution in [0.25, 0.3) is 0 Å². The Morgan fingerprint density at radius 1 is 0.600 bits per heavy atom. The van der Waals surface area contributed by atoms with Crippen LogP contribution in [0.2, 0.25) is 0 Å². The second kappa shape index (κ2) is 12.1. The third-order valence-corrected chi connectivity index (χ3v) is 4.39. The summed E-state index contributed by atoms with van der Waals surface area (Å²) in [6.45, 7) is -4.34. The number of rotatable bonds is 17. The molecule has 0 rings (SSSR count). The molecule has 0 aliphatic heterocycles. The lowest BCUT2D eigenvalue weighted by atomic mass is 9.67. The Hall–Kier alpha value is -2.74. The quantitative estimate of drug-likeness (QED) is 0.131. The van der Waals surface area contributed by atoms with Gasteiger partial charge in [-0.15, -0.1) is 0 Å². The molecule has 0 atom stereocenters. The van der Waals surface area contributed by atoms with Crippen LogP contribution in [0, 0.1) is 5.41 Å². The van der Waals surface area contributed by atoms with Crippen molar-refractivity contribution in [3.05, 3.63) is 0 Å². The van der Waals surface area contributed by atoms with Crippen LogP contribution in [-0.2, 0) is 33.5 Å². The van der Waals surface area contributed by atoms with Gasteiger partial charge >= 0.3 is 17.9 Å². The maximum absolute atomic E-state index is 12.2. The molecular weight excluding hydrogens is 412 g/mol. The van der Waals surface area contributed by atoms with E-state index in [-0.39, 0.29) is 0 Å². The van der Waals surface area contributed by atoms with E-state index in [1.165, 1.54) is 0 Å². The maximum atomic E-state index is 12.2. The molecule has 0 fully saturated rings. The number of ether oxygens (including phenoxy) is 1. The molecule has 0 radical (unpaired) electrons.